The Bertz CT molecular complexity index is 924. The Hall–Kier alpha value is -2.39. The topological polar surface area (TPSA) is 25.2 Å². The Morgan fingerprint density at radius 3 is 2.28 bits per heavy atom. The summed E-state index contributed by atoms with van der Waals surface area (Å²) in [6.45, 7) is 5.27. The Kier molecular flexibility index (Phi) is 4.41. The summed E-state index contributed by atoms with van der Waals surface area (Å²) in [6, 6.07) is 18.7. The van der Waals surface area contributed by atoms with Gasteiger partial charge in [0.15, 0.2) is 0 Å². The van der Waals surface area contributed by atoms with E-state index in [0.29, 0.717) is 6.04 Å². The maximum absolute atomic E-state index is 13.0. The van der Waals surface area contributed by atoms with Crippen molar-refractivity contribution >= 4 is 10.8 Å². The van der Waals surface area contributed by atoms with Gasteiger partial charge in [-0.1, -0.05) is 48.5 Å². The molecule has 3 heteroatoms. The second kappa shape index (κ2) is 6.85. The minimum absolute atomic E-state index is 0.112. The van der Waals surface area contributed by atoms with Crippen molar-refractivity contribution in [1.29, 1.82) is 0 Å². The van der Waals surface area contributed by atoms with E-state index >= 15 is 0 Å². The van der Waals surface area contributed by atoms with E-state index in [1.54, 1.807) is 0 Å². The van der Waals surface area contributed by atoms with Gasteiger partial charge in [-0.05, 0) is 49.9 Å². The van der Waals surface area contributed by atoms with Gasteiger partial charge in [-0.25, -0.2) is 0 Å². The summed E-state index contributed by atoms with van der Waals surface area (Å²) >= 11 is 0. The van der Waals surface area contributed by atoms with E-state index in [-0.39, 0.29) is 5.56 Å². The second-order valence-corrected chi connectivity index (χ2v) is 7.00. The van der Waals surface area contributed by atoms with Crippen molar-refractivity contribution in [2.75, 3.05) is 13.1 Å². The lowest BCUT2D eigenvalue weighted by molar-refractivity contribution is 0.234. The largest absolute Gasteiger partial charge is 0.313 e. The van der Waals surface area contributed by atoms with Crippen LogP contribution in [-0.4, -0.2) is 28.6 Å². The number of hydrogen-bond acceptors (Lipinski definition) is 2. The number of rotatable bonds is 4. The molecule has 0 radical (unpaired) electrons. The zero-order chi connectivity index (χ0) is 17.2. The highest BCUT2D eigenvalue weighted by Gasteiger charge is 2.19. The van der Waals surface area contributed by atoms with Gasteiger partial charge in [0.2, 0.25) is 0 Å². The van der Waals surface area contributed by atoms with Crippen LogP contribution in [0.1, 0.15) is 19.8 Å². The number of fused-ring (bicyclic) bond motifs is 1. The molecule has 0 amide bonds. The lowest BCUT2D eigenvalue weighted by Gasteiger charge is -2.25. The monoisotopic (exact) mass is 332 g/mol. The first-order valence-corrected chi connectivity index (χ1v) is 9.16. The first kappa shape index (κ1) is 16.1. The molecule has 0 saturated carbocycles. The van der Waals surface area contributed by atoms with Crippen molar-refractivity contribution < 1.29 is 0 Å². The molecule has 1 saturated heterocycles. The van der Waals surface area contributed by atoms with E-state index in [2.05, 4.69) is 24.0 Å². The zero-order valence-electron chi connectivity index (χ0n) is 14.7. The number of benzene rings is 2. The molecule has 4 rings (SSSR count). The second-order valence-electron chi connectivity index (χ2n) is 7.00. The molecule has 0 spiro atoms. The summed E-state index contributed by atoms with van der Waals surface area (Å²) in [6.07, 6.45) is 4.59. The van der Waals surface area contributed by atoms with Crippen molar-refractivity contribution in [3.8, 4) is 11.1 Å². The number of hydrogen-bond donors (Lipinski definition) is 0. The van der Waals surface area contributed by atoms with Crippen LogP contribution in [-0.2, 0) is 6.54 Å². The standard InChI is InChI=1S/C22H24N2O/c1-17(23-13-7-8-14-23)15-24-16-21(18-9-3-2-4-10-18)19-11-5-6-12-20(19)22(24)25/h2-6,9-12,16-17H,7-8,13-15H2,1H3. The molecule has 2 heterocycles. The lowest BCUT2D eigenvalue weighted by atomic mass is 10.0. The van der Waals surface area contributed by atoms with Crippen molar-refractivity contribution in [1.82, 2.24) is 9.47 Å². The van der Waals surface area contributed by atoms with Crippen LogP contribution in [0, 0.1) is 0 Å². The molecule has 1 aliphatic heterocycles. The Morgan fingerprint density at radius 1 is 0.920 bits per heavy atom. The van der Waals surface area contributed by atoms with Crippen LogP contribution < -0.4 is 5.56 Å². The summed E-state index contributed by atoms with van der Waals surface area (Å²) in [4.78, 5) is 15.5. The predicted octanol–water partition coefficient (Wildman–Crippen LogP) is 4.15. The minimum Gasteiger partial charge on any atom is -0.313 e. The molecule has 0 bridgehead atoms. The van der Waals surface area contributed by atoms with E-state index < -0.39 is 0 Å². The van der Waals surface area contributed by atoms with Crippen molar-refractivity contribution in [3.05, 3.63) is 71.1 Å². The highest BCUT2D eigenvalue weighted by molar-refractivity contribution is 5.95. The Morgan fingerprint density at radius 2 is 1.56 bits per heavy atom. The van der Waals surface area contributed by atoms with E-state index in [0.717, 1.165) is 41.5 Å². The van der Waals surface area contributed by atoms with Gasteiger partial charge in [0.1, 0.15) is 0 Å². The average Bonchev–Trinajstić information content (AvgIpc) is 3.20. The molecule has 2 aromatic carbocycles. The normalized spacial score (nSPS) is 16.4. The Labute approximate surface area is 148 Å². The third-order valence-corrected chi connectivity index (χ3v) is 5.30. The summed E-state index contributed by atoms with van der Waals surface area (Å²) in [7, 11) is 0. The van der Waals surface area contributed by atoms with Crippen LogP contribution in [0.15, 0.2) is 65.6 Å². The fourth-order valence-corrected chi connectivity index (χ4v) is 3.91. The van der Waals surface area contributed by atoms with Crippen molar-refractivity contribution in [2.24, 2.45) is 0 Å². The molecular weight excluding hydrogens is 308 g/mol. The zero-order valence-corrected chi connectivity index (χ0v) is 14.7. The molecule has 3 aromatic rings. The molecule has 0 aliphatic carbocycles. The average molecular weight is 332 g/mol. The van der Waals surface area contributed by atoms with Crippen LogP contribution in [0.2, 0.25) is 0 Å². The lowest BCUT2D eigenvalue weighted by Crippen LogP contribution is -2.36. The maximum atomic E-state index is 13.0. The summed E-state index contributed by atoms with van der Waals surface area (Å²) < 4.78 is 1.91. The van der Waals surface area contributed by atoms with E-state index in [9.17, 15) is 4.79 Å². The third-order valence-electron chi connectivity index (χ3n) is 5.30. The van der Waals surface area contributed by atoms with E-state index in [1.165, 1.54) is 12.8 Å². The molecule has 0 N–H and O–H groups in total. The predicted molar refractivity (Wildman–Crippen MR) is 104 cm³/mol. The molecule has 1 unspecified atom stereocenters. The fourth-order valence-electron chi connectivity index (χ4n) is 3.91. The molecule has 1 fully saturated rings. The van der Waals surface area contributed by atoms with Gasteiger partial charge in [-0.15, -0.1) is 0 Å². The molecule has 25 heavy (non-hydrogen) atoms. The van der Waals surface area contributed by atoms with Crippen molar-refractivity contribution in [3.63, 3.8) is 0 Å². The van der Waals surface area contributed by atoms with Gasteiger partial charge >= 0.3 is 0 Å². The number of nitrogens with zero attached hydrogens (tertiary/aromatic N) is 2. The summed E-state index contributed by atoms with van der Waals surface area (Å²) in [5.74, 6) is 0. The van der Waals surface area contributed by atoms with Crippen LogP contribution in [0.3, 0.4) is 0 Å². The van der Waals surface area contributed by atoms with E-state index in [4.69, 9.17) is 0 Å². The molecular formula is C22H24N2O. The highest BCUT2D eigenvalue weighted by Crippen LogP contribution is 2.26. The van der Waals surface area contributed by atoms with Crippen LogP contribution >= 0.6 is 0 Å². The number of aromatic nitrogens is 1. The summed E-state index contributed by atoms with van der Waals surface area (Å²) in [5.41, 5.74) is 2.40. The first-order valence-electron chi connectivity index (χ1n) is 9.16. The fraction of sp³-hybridized carbons (Fsp3) is 0.318. The van der Waals surface area contributed by atoms with Gasteiger partial charge in [-0.3, -0.25) is 9.69 Å². The quantitative estimate of drug-likeness (QED) is 0.717. The SMILES string of the molecule is CC(Cn1cc(-c2ccccc2)c2ccccc2c1=O)N1CCCC1. The molecule has 1 atom stereocenters. The van der Waals surface area contributed by atoms with Crippen LogP contribution in [0.25, 0.3) is 21.9 Å². The van der Waals surface area contributed by atoms with Gasteiger partial charge in [0.05, 0.1) is 0 Å². The van der Waals surface area contributed by atoms with Crippen LogP contribution in [0.5, 0.6) is 0 Å². The maximum Gasteiger partial charge on any atom is 0.258 e. The van der Waals surface area contributed by atoms with Gasteiger partial charge in [-0.2, -0.15) is 0 Å². The van der Waals surface area contributed by atoms with Gasteiger partial charge < -0.3 is 4.57 Å². The van der Waals surface area contributed by atoms with Crippen molar-refractivity contribution in [2.45, 2.75) is 32.4 Å². The molecule has 3 nitrogen and oxygen atoms in total. The minimum atomic E-state index is 0.112. The number of likely N-dealkylation sites (tertiary alicyclic amines) is 1. The first-order chi connectivity index (χ1) is 12.2. The smallest absolute Gasteiger partial charge is 0.258 e. The highest BCUT2D eigenvalue weighted by atomic mass is 16.1. The Balaban J connectivity index is 1.82. The third kappa shape index (κ3) is 3.12. The van der Waals surface area contributed by atoms with Gasteiger partial charge in [0.25, 0.3) is 5.56 Å². The molecule has 1 aliphatic rings. The summed E-state index contributed by atoms with van der Waals surface area (Å²) in [5, 5.41) is 1.83. The van der Waals surface area contributed by atoms with Gasteiger partial charge in [0, 0.05) is 29.7 Å². The van der Waals surface area contributed by atoms with E-state index in [1.807, 2.05) is 53.2 Å². The molecule has 128 valence electrons. The van der Waals surface area contributed by atoms with Crippen LogP contribution in [0.4, 0.5) is 0 Å². The number of pyridine rings is 1. The molecule has 1 aromatic heterocycles.